The van der Waals surface area contributed by atoms with Gasteiger partial charge in [0.25, 0.3) is 5.69 Å². The molecule has 6 heteroatoms. The molecule has 1 unspecified atom stereocenters. The van der Waals surface area contributed by atoms with Crippen LogP contribution in [0.5, 0.6) is 0 Å². The number of hydrogen-bond donors (Lipinski definition) is 1. The first-order valence-corrected chi connectivity index (χ1v) is 5.97. The molecule has 1 aliphatic heterocycles. The van der Waals surface area contributed by atoms with Gasteiger partial charge in [-0.25, -0.2) is 4.39 Å². The maximum absolute atomic E-state index is 13.8. The van der Waals surface area contributed by atoms with Crippen LogP contribution in [0.2, 0.25) is 0 Å². The quantitative estimate of drug-likeness (QED) is 0.660. The summed E-state index contributed by atoms with van der Waals surface area (Å²) in [5.74, 6) is -0.544. The number of halogens is 1. The molecular weight excluding hydrogens is 237 g/mol. The third kappa shape index (κ3) is 2.59. The molecule has 0 aliphatic carbocycles. The average Bonchev–Trinajstić information content (AvgIpc) is 2.38. The van der Waals surface area contributed by atoms with Crippen molar-refractivity contribution in [1.29, 1.82) is 0 Å². The van der Waals surface area contributed by atoms with Crippen molar-refractivity contribution in [2.24, 2.45) is 0 Å². The second-order valence-corrected chi connectivity index (χ2v) is 4.50. The first-order valence-electron chi connectivity index (χ1n) is 5.97. The Morgan fingerprint density at radius 3 is 2.89 bits per heavy atom. The van der Waals surface area contributed by atoms with Gasteiger partial charge < -0.3 is 10.2 Å². The molecule has 0 aromatic heterocycles. The van der Waals surface area contributed by atoms with Crippen molar-refractivity contribution < 1.29 is 9.31 Å². The lowest BCUT2D eigenvalue weighted by molar-refractivity contribution is -0.385. The van der Waals surface area contributed by atoms with E-state index in [9.17, 15) is 14.5 Å². The molecule has 1 aromatic rings. The number of nitro benzene ring substituents is 1. The van der Waals surface area contributed by atoms with Crippen molar-refractivity contribution in [2.45, 2.75) is 18.9 Å². The topological polar surface area (TPSA) is 58.4 Å². The lowest BCUT2D eigenvalue weighted by Crippen LogP contribution is -2.44. The van der Waals surface area contributed by atoms with Crippen LogP contribution in [0.15, 0.2) is 18.2 Å². The predicted octanol–water partition coefficient (Wildman–Crippen LogP) is 1.92. The summed E-state index contributed by atoms with van der Waals surface area (Å²) in [6.45, 7) is 1.81. The zero-order valence-corrected chi connectivity index (χ0v) is 10.2. The van der Waals surface area contributed by atoms with Crippen LogP contribution in [0.3, 0.4) is 0 Å². The van der Waals surface area contributed by atoms with Crippen LogP contribution in [0, 0.1) is 15.9 Å². The highest BCUT2D eigenvalue weighted by atomic mass is 19.1. The van der Waals surface area contributed by atoms with E-state index >= 15 is 0 Å². The van der Waals surface area contributed by atoms with Crippen molar-refractivity contribution >= 4 is 11.4 Å². The molecule has 0 saturated carbocycles. The van der Waals surface area contributed by atoms with E-state index in [2.05, 4.69) is 5.32 Å². The second-order valence-electron chi connectivity index (χ2n) is 4.50. The molecule has 1 aliphatic rings. The lowest BCUT2D eigenvalue weighted by atomic mass is 10.1. The van der Waals surface area contributed by atoms with Crippen LogP contribution < -0.4 is 10.2 Å². The Bertz CT molecular complexity index is 447. The van der Waals surface area contributed by atoms with E-state index in [4.69, 9.17) is 0 Å². The Labute approximate surface area is 105 Å². The number of anilines is 1. The third-order valence-electron chi connectivity index (χ3n) is 3.34. The fraction of sp³-hybridized carbons (Fsp3) is 0.500. The molecule has 1 saturated heterocycles. The van der Waals surface area contributed by atoms with Gasteiger partial charge in [-0.05, 0) is 25.5 Å². The van der Waals surface area contributed by atoms with E-state index in [0.29, 0.717) is 5.69 Å². The Hall–Kier alpha value is -1.69. The molecule has 1 fully saturated rings. The molecule has 1 N–H and O–H groups in total. The molecule has 0 bridgehead atoms. The highest BCUT2D eigenvalue weighted by Crippen LogP contribution is 2.25. The summed E-state index contributed by atoms with van der Waals surface area (Å²) in [7, 11) is 1.82. The fourth-order valence-corrected chi connectivity index (χ4v) is 2.26. The summed E-state index contributed by atoms with van der Waals surface area (Å²) >= 11 is 0. The highest BCUT2D eigenvalue weighted by molar-refractivity contribution is 5.52. The van der Waals surface area contributed by atoms with E-state index in [1.54, 1.807) is 0 Å². The van der Waals surface area contributed by atoms with Crippen molar-refractivity contribution in [3.63, 3.8) is 0 Å². The van der Waals surface area contributed by atoms with Crippen molar-refractivity contribution in [1.82, 2.24) is 5.32 Å². The number of non-ortho nitro benzene ring substituents is 1. The van der Waals surface area contributed by atoms with E-state index in [1.807, 2.05) is 11.9 Å². The van der Waals surface area contributed by atoms with Gasteiger partial charge >= 0.3 is 0 Å². The molecule has 98 valence electrons. The number of piperidine rings is 1. The second kappa shape index (κ2) is 5.30. The number of likely N-dealkylation sites (N-methyl/N-ethyl adjacent to an activating group) is 1. The van der Waals surface area contributed by atoms with Gasteiger partial charge in [0.2, 0.25) is 0 Å². The van der Waals surface area contributed by atoms with E-state index in [0.717, 1.165) is 32.0 Å². The van der Waals surface area contributed by atoms with Crippen molar-refractivity contribution in [3.8, 4) is 0 Å². The average molecular weight is 253 g/mol. The van der Waals surface area contributed by atoms with Crippen LogP contribution in [0.25, 0.3) is 0 Å². The van der Waals surface area contributed by atoms with Gasteiger partial charge in [-0.1, -0.05) is 0 Å². The first-order chi connectivity index (χ1) is 8.59. The molecule has 1 heterocycles. The molecule has 0 radical (unpaired) electrons. The molecule has 18 heavy (non-hydrogen) atoms. The maximum atomic E-state index is 13.8. The minimum absolute atomic E-state index is 0.216. The standard InChI is InChI=1S/C12H16FN3O2/c1-15(10-3-2-6-14-8-10)12-5-4-9(16(17)18)7-11(12)13/h4-5,7,10,14H,2-3,6,8H2,1H3. The van der Waals surface area contributed by atoms with Crippen LogP contribution >= 0.6 is 0 Å². The van der Waals surface area contributed by atoms with Crippen LogP contribution in [-0.4, -0.2) is 31.1 Å². The Morgan fingerprint density at radius 2 is 2.33 bits per heavy atom. The van der Waals surface area contributed by atoms with Gasteiger partial charge in [-0.2, -0.15) is 0 Å². The Morgan fingerprint density at radius 1 is 1.56 bits per heavy atom. The van der Waals surface area contributed by atoms with Gasteiger partial charge in [-0.15, -0.1) is 0 Å². The molecule has 2 rings (SSSR count). The molecular formula is C12H16FN3O2. The van der Waals surface area contributed by atoms with Crippen LogP contribution in [0.4, 0.5) is 15.8 Å². The number of benzene rings is 1. The summed E-state index contributed by atoms with van der Waals surface area (Å²) in [4.78, 5) is 11.8. The molecule has 1 atom stereocenters. The van der Waals surface area contributed by atoms with Gasteiger partial charge in [0.05, 0.1) is 16.7 Å². The smallest absolute Gasteiger partial charge is 0.272 e. The summed E-state index contributed by atoms with van der Waals surface area (Å²) in [6, 6.07) is 4.02. The normalized spacial score (nSPS) is 19.6. The fourth-order valence-electron chi connectivity index (χ4n) is 2.26. The summed E-state index contributed by atoms with van der Waals surface area (Å²) in [5.41, 5.74) is 0.195. The zero-order valence-electron chi connectivity index (χ0n) is 10.2. The third-order valence-corrected chi connectivity index (χ3v) is 3.34. The molecule has 0 amide bonds. The van der Waals surface area contributed by atoms with Gasteiger partial charge in [-0.3, -0.25) is 10.1 Å². The number of hydrogen-bond acceptors (Lipinski definition) is 4. The van der Waals surface area contributed by atoms with Gasteiger partial charge in [0.15, 0.2) is 5.82 Å². The van der Waals surface area contributed by atoms with Crippen molar-refractivity contribution in [2.75, 3.05) is 25.0 Å². The number of nitrogens with one attached hydrogen (secondary N) is 1. The van der Waals surface area contributed by atoms with E-state index < -0.39 is 10.7 Å². The number of nitro groups is 1. The maximum Gasteiger partial charge on any atom is 0.272 e. The Kier molecular flexibility index (Phi) is 3.76. The summed E-state index contributed by atoms with van der Waals surface area (Å²) in [5, 5.41) is 13.8. The number of rotatable bonds is 3. The lowest BCUT2D eigenvalue weighted by Gasteiger charge is -2.33. The van der Waals surface area contributed by atoms with E-state index in [1.165, 1.54) is 12.1 Å². The first kappa shape index (κ1) is 12.8. The summed E-state index contributed by atoms with van der Waals surface area (Å²) in [6.07, 6.45) is 2.06. The van der Waals surface area contributed by atoms with Gasteiger partial charge in [0.1, 0.15) is 0 Å². The molecule has 0 spiro atoms. The summed E-state index contributed by atoms with van der Waals surface area (Å²) < 4.78 is 13.8. The van der Waals surface area contributed by atoms with Gasteiger partial charge in [0, 0.05) is 25.7 Å². The van der Waals surface area contributed by atoms with Crippen LogP contribution in [0.1, 0.15) is 12.8 Å². The molecule has 1 aromatic carbocycles. The highest BCUT2D eigenvalue weighted by Gasteiger charge is 2.21. The SMILES string of the molecule is CN(c1ccc([N+](=O)[O-])cc1F)C1CCCNC1. The Balaban J connectivity index is 2.19. The minimum Gasteiger partial charge on any atom is -0.368 e. The zero-order chi connectivity index (χ0) is 13.1. The minimum atomic E-state index is -0.588. The predicted molar refractivity (Wildman–Crippen MR) is 67.3 cm³/mol. The monoisotopic (exact) mass is 253 g/mol. The van der Waals surface area contributed by atoms with Crippen LogP contribution in [-0.2, 0) is 0 Å². The molecule has 5 nitrogen and oxygen atoms in total. The van der Waals surface area contributed by atoms with Crippen molar-refractivity contribution in [3.05, 3.63) is 34.1 Å². The largest absolute Gasteiger partial charge is 0.368 e. The van der Waals surface area contributed by atoms with E-state index in [-0.39, 0.29) is 11.7 Å². The number of nitrogens with zero attached hydrogens (tertiary/aromatic N) is 2.